The smallest absolute Gasteiger partial charge is 0.284 e. The number of sulfonamides is 1. The standard InChI is InChI=1S/C19H11Br3N2O3S/c20-14-11-15(16(21)17(22)18(14)25)23-19(12-7-3-1-4-8-12)24-28(26,27)13-9-5-2-6-10-13/h1-11H. The molecule has 0 unspecified atom stereocenters. The Morgan fingerprint density at radius 1 is 0.821 bits per heavy atom. The summed E-state index contributed by atoms with van der Waals surface area (Å²) in [6.45, 7) is 0. The molecular formula is C19H11Br3N2O3S. The summed E-state index contributed by atoms with van der Waals surface area (Å²) >= 11 is 9.74. The molecule has 0 spiro atoms. The highest BCUT2D eigenvalue weighted by Crippen LogP contribution is 2.31. The fraction of sp³-hybridized carbons (Fsp3) is 0. The first-order valence-corrected chi connectivity index (χ1v) is 11.6. The van der Waals surface area contributed by atoms with Crippen molar-refractivity contribution < 1.29 is 13.2 Å². The second-order valence-electron chi connectivity index (χ2n) is 5.52. The molecule has 0 aromatic heterocycles. The lowest BCUT2D eigenvalue weighted by Gasteiger charge is -2.12. The lowest BCUT2D eigenvalue weighted by molar-refractivity contribution is -0.110. The normalized spacial score (nSPS) is 17.1. The minimum atomic E-state index is -3.98. The van der Waals surface area contributed by atoms with Crippen LogP contribution in [0.25, 0.3) is 0 Å². The highest BCUT2D eigenvalue weighted by Gasteiger charge is 2.24. The van der Waals surface area contributed by atoms with Gasteiger partial charge in [0.05, 0.1) is 24.1 Å². The molecule has 0 saturated carbocycles. The minimum Gasteiger partial charge on any atom is -0.287 e. The summed E-state index contributed by atoms with van der Waals surface area (Å²) in [5, 5.41) is 0. The first kappa shape index (κ1) is 21.0. The summed E-state index contributed by atoms with van der Waals surface area (Å²) in [6, 6.07) is 16.7. The van der Waals surface area contributed by atoms with E-state index in [-0.39, 0.29) is 21.0 Å². The number of allylic oxidation sites excluding steroid dienone is 4. The Labute approximate surface area is 187 Å². The molecule has 28 heavy (non-hydrogen) atoms. The van der Waals surface area contributed by atoms with Crippen molar-refractivity contribution in [1.82, 2.24) is 0 Å². The van der Waals surface area contributed by atoms with Crippen LogP contribution < -0.4 is 0 Å². The van der Waals surface area contributed by atoms with E-state index in [2.05, 4.69) is 57.2 Å². The van der Waals surface area contributed by atoms with Crippen molar-refractivity contribution in [3.63, 3.8) is 0 Å². The maximum atomic E-state index is 12.8. The predicted octanol–water partition coefficient (Wildman–Crippen LogP) is 5.13. The van der Waals surface area contributed by atoms with Gasteiger partial charge in [0.2, 0.25) is 5.78 Å². The molecule has 0 N–H and O–H groups in total. The SMILES string of the molecule is O=C1C(Br)=CC(=NC(=NS(=O)(=O)c2ccccc2)c2ccccc2)C(Br)=C1Br. The van der Waals surface area contributed by atoms with Crippen molar-refractivity contribution in [2.45, 2.75) is 4.90 Å². The fourth-order valence-corrected chi connectivity index (χ4v) is 4.71. The first-order valence-electron chi connectivity index (χ1n) is 7.81. The molecule has 0 bridgehead atoms. The topological polar surface area (TPSA) is 75.9 Å². The number of rotatable bonds is 3. The molecule has 0 saturated heterocycles. The van der Waals surface area contributed by atoms with Gasteiger partial charge in [0.1, 0.15) is 0 Å². The van der Waals surface area contributed by atoms with Crippen LogP contribution in [0.1, 0.15) is 5.56 Å². The number of Topliss-reactive ketones (excluding diaryl/α,β-unsaturated/α-hetero) is 1. The molecule has 3 rings (SSSR count). The van der Waals surface area contributed by atoms with Gasteiger partial charge in [0, 0.05) is 5.56 Å². The zero-order chi connectivity index (χ0) is 20.3. The third-order valence-corrected chi connectivity index (χ3v) is 7.56. The van der Waals surface area contributed by atoms with E-state index in [4.69, 9.17) is 0 Å². The zero-order valence-electron chi connectivity index (χ0n) is 14.0. The van der Waals surface area contributed by atoms with Crippen molar-refractivity contribution in [2.24, 2.45) is 9.39 Å². The van der Waals surface area contributed by atoms with Crippen LogP contribution in [-0.4, -0.2) is 25.7 Å². The maximum Gasteiger partial charge on any atom is 0.284 e. The molecule has 2 aromatic carbocycles. The monoisotopic (exact) mass is 584 g/mol. The molecule has 0 radical (unpaired) electrons. The first-order chi connectivity index (χ1) is 13.3. The Bertz CT molecular complexity index is 1150. The summed E-state index contributed by atoms with van der Waals surface area (Å²) in [6.07, 6.45) is 1.50. The molecule has 0 aliphatic heterocycles. The van der Waals surface area contributed by atoms with Crippen molar-refractivity contribution in [3.05, 3.63) is 85.8 Å². The van der Waals surface area contributed by atoms with Crippen molar-refractivity contribution in [2.75, 3.05) is 0 Å². The van der Waals surface area contributed by atoms with Crippen LogP contribution in [0, 0.1) is 0 Å². The van der Waals surface area contributed by atoms with Crippen LogP contribution in [0.2, 0.25) is 0 Å². The van der Waals surface area contributed by atoms with Crippen LogP contribution in [0.3, 0.4) is 0 Å². The van der Waals surface area contributed by atoms with Gasteiger partial charge < -0.3 is 0 Å². The summed E-state index contributed by atoms with van der Waals surface area (Å²) < 4.78 is 30.4. The number of amidine groups is 1. The van der Waals surface area contributed by atoms with Crippen LogP contribution in [0.4, 0.5) is 0 Å². The molecule has 0 amide bonds. The second-order valence-corrected chi connectivity index (χ2v) is 9.56. The number of carbonyl (C=O) groups is 1. The van der Waals surface area contributed by atoms with E-state index < -0.39 is 10.0 Å². The van der Waals surface area contributed by atoms with Gasteiger partial charge in [-0.1, -0.05) is 48.5 Å². The number of hydrogen-bond acceptors (Lipinski definition) is 3. The fourth-order valence-electron chi connectivity index (χ4n) is 2.25. The molecule has 2 aromatic rings. The van der Waals surface area contributed by atoms with E-state index in [1.807, 2.05) is 6.07 Å². The van der Waals surface area contributed by atoms with E-state index in [0.29, 0.717) is 20.2 Å². The highest BCUT2D eigenvalue weighted by atomic mass is 79.9. The van der Waals surface area contributed by atoms with Crippen LogP contribution >= 0.6 is 47.8 Å². The van der Waals surface area contributed by atoms with E-state index >= 15 is 0 Å². The van der Waals surface area contributed by atoms with Gasteiger partial charge in [-0.2, -0.15) is 8.42 Å². The lowest BCUT2D eigenvalue weighted by Crippen LogP contribution is -2.14. The predicted molar refractivity (Wildman–Crippen MR) is 121 cm³/mol. The summed E-state index contributed by atoms with van der Waals surface area (Å²) in [4.78, 5) is 16.5. The molecule has 5 nitrogen and oxygen atoms in total. The Balaban J connectivity index is 2.19. The zero-order valence-corrected chi connectivity index (χ0v) is 19.6. The largest absolute Gasteiger partial charge is 0.287 e. The van der Waals surface area contributed by atoms with Gasteiger partial charge in [0.15, 0.2) is 5.84 Å². The summed E-state index contributed by atoms with van der Waals surface area (Å²) in [5.41, 5.74) is 0.872. The lowest BCUT2D eigenvalue weighted by atomic mass is 10.1. The Morgan fingerprint density at radius 2 is 1.39 bits per heavy atom. The Hall–Kier alpha value is -1.68. The van der Waals surface area contributed by atoms with E-state index in [9.17, 15) is 13.2 Å². The number of halogens is 3. The summed E-state index contributed by atoms with van der Waals surface area (Å²) in [7, 11) is -3.98. The number of benzene rings is 2. The molecule has 1 aliphatic carbocycles. The number of hydrogen-bond donors (Lipinski definition) is 0. The molecular weight excluding hydrogens is 576 g/mol. The molecule has 142 valence electrons. The average Bonchev–Trinajstić information content (AvgIpc) is 2.71. The van der Waals surface area contributed by atoms with Gasteiger partial charge in [0.25, 0.3) is 10.0 Å². The van der Waals surface area contributed by atoms with Gasteiger partial charge >= 0.3 is 0 Å². The van der Waals surface area contributed by atoms with Crippen molar-refractivity contribution in [3.8, 4) is 0 Å². The van der Waals surface area contributed by atoms with Crippen LogP contribution in [0.15, 0.2) is 94.5 Å². The highest BCUT2D eigenvalue weighted by molar-refractivity contribution is 9.15. The number of nitrogens with zero attached hydrogens (tertiary/aromatic N) is 2. The third kappa shape index (κ3) is 4.65. The second kappa shape index (κ2) is 8.77. The maximum absolute atomic E-state index is 12.8. The molecule has 0 heterocycles. The molecule has 9 heteroatoms. The molecule has 0 atom stereocenters. The third-order valence-electron chi connectivity index (χ3n) is 3.60. The van der Waals surface area contributed by atoms with E-state index in [0.717, 1.165) is 0 Å². The number of carbonyl (C=O) groups excluding carboxylic acids is 1. The molecule has 0 fully saturated rings. The van der Waals surface area contributed by atoms with Crippen LogP contribution in [-0.2, 0) is 14.8 Å². The summed E-state index contributed by atoms with van der Waals surface area (Å²) in [5.74, 6) is -0.247. The molecule has 1 aliphatic rings. The van der Waals surface area contributed by atoms with Crippen molar-refractivity contribution >= 4 is 75.1 Å². The van der Waals surface area contributed by atoms with E-state index in [1.54, 1.807) is 42.5 Å². The quantitative estimate of drug-likeness (QED) is 0.284. The number of aliphatic imine (C=N–C) groups is 1. The van der Waals surface area contributed by atoms with Gasteiger partial charge in [-0.05, 0) is 66.0 Å². The van der Waals surface area contributed by atoms with Gasteiger partial charge in [-0.3, -0.25) is 4.79 Å². The van der Waals surface area contributed by atoms with Crippen LogP contribution in [0.5, 0.6) is 0 Å². The minimum absolute atomic E-state index is 0.00241. The van der Waals surface area contributed by atoms with Crippen molar-refractivity contribution in [1.29, 1.82) is 0 Å². The van der Waals surface area contributed by atoms with Gasteiger partial charge in [-0.15, -0.1) is 4.40 Å². The number of ketones is 1. The van der Waals surface area contributed by atoms with E-state index in [1.165, 1.54) is 18.2 Å². The average molecular weight is 587 g/mol. The van der Waals surface area contributed by atoms with Gasteiger partial charge in [-0.25, -0.2) is 4.99 Å². The Kier molecular flexibility index (Phi) is 6.59. The Morgan fingerprint density at radius 3 is 2.00 bits per heavy atom.